The molecule has 2 nitrogen and oxygen atoms in total. The van der Waals surface area contributed by atoms with Gasteiger partial charge in [-0.05, 0) is 56.2 Å². The molecule has 0 heterocycles. The molecule has 162 valence electrons. The first-order valence-corrected chi connectivity index (χ1v) is 12.3. The molecule has 3 heteroatoms. The van der Waals surface area contributed by atoms with Gasteiger partial charge in [0.25, 0.3) is 0 Å². The first kappa shape index (κ1) is 21.5. The highest BCUT2D eigenvalue weighted by Gasteiger charge is 2.37. The average Bonchev–Trinajstić information content (AvgIpc) is 3.12. The van der Waals surface area contributed by atoms with E-state index in [1.807, 2.05) is 6.07 Å². The maximum atomic E-state index is 4.57. The molecule has 0 bridgehead atoms. The van der Waals surface area contributed by atoms with Crippen LogP contribution in [0.2, 0.25) is 0 Å². The third kappa shape index (κ3) is 4.33. The topological polar surface area (TPSA) is 24.1 Å². The summed E-state index contributed by atoms with van der Waals surface area (Å²) in [6, 6.07) is 36.0. The molecule has 1 aliphatic rings. The molecular formula is C30H25IN2. The van der Waals surface area contributed by atoms with Crippen LogP contribution in [0.25, 0.3) is 22.8 Å². The summed E-state index contributed by atoms with van der Waals surface area (Å²) in [7, 11) is 0. The Morgan fingerprint density at radius 2 is 1.39 bits per heavy atom. The number of fused-ring (bicyclic) bond motifs is 1. The first-order chi connectivity index (χ1) is 16.3. The number of halogens is 1. The highest BCUT2D eigenvalue weighted by atomic mass is 127. The van der Waals surface area contributed by atoms with E-state index in [2.05, 4.69) is 147 Å². The van der Waals surface area contributed by atoms with E-state index in [9.17, 15) is 0 Å². The predicted molar refractivity (Wildman–Crippen MR) is 151 cm³/mol. The van der Waals surface area contributed by atoms with Crippen LogP contribution in [-0.2, 0) is 0 Å². The Morgan fingerprint density at radius 3 is 2.15 bits per heavy atom. The van der Waals surface area contributed by atoms with Crippen LogP contribution < -0.4 is 10.6 Å². The van der Waals surface area contributed by atoms with E-state index in [-0.39, 0.29) is 12.1 Å². The molecule has 0 aromatic heterocycles. The van der Waals surface area contributed by atoms with Crippen LogP contribution in [0.15, 0.2) is 114 Å². The first-order valence-electron chi connectivity index (χ1n) is 11.1. The van der Waals surface area contributed by atoms with Crippen LogP contribution in [0, 0.1) is 0 Å². The van der Waals surface area contributed by atoms with Gasteiger partial charge >= 0.3 is 0 Å². The lowest BCUT2D eigenvalue weighted by atomic mass is 10.00. The fraction of sp³-hybridized carbons (Fsp3) is 0.0667. The molecule has 0 spiro atoms. The number of anilines is 2. The monoisotopic (exact) mass is 540 g/mol. The molecule has 4 aromatic carbocycles. The van der Waals surface area contributed by atoms with Gasteiger partial charge in [-0.3, -0.25) is 0 Å². The molecule has 1 aliphatic carbocycles. The van der Waals surface area contributed by atoms with Gasteiger partial charge in [-0.25, -0.2) is 0 Å². The summed E-state index contributed by atoms with van der Waals surface area (Å²) in [5, 5.41) is 7.63. The summed E-state index contributed by atoms with van der Waals surface area (Å²) >= 11 is 2.28. The van der Waals surface area contributed by atoms with Gasteiger partial charge in [0.2, 0.25) is 0 Å². The Balaban J connectivity index is 1.58. The van der Waals surface area contributed by atoms with Crippen molar-refractivity contribution in [3.8, 4) is 11.1 Å². The van der Waals surface area contributed by atoms with Crippen LogP contribution in [0.3, 0.4) is 0 Å². The normalized spacial score (nSPS) is 17.2. The Morgan fingerprint density at radius 1 is 0.697 bits per heavy atom. The summed E-state index contributed by atoms with van der Waals surface area (Å²) in [6.45, 7) is 4.57. The van der Waals surface area contributed by atoms with Crippen LogP contribution in [-0.4, -0.2) is 6.04 Å². The maximum absolute atomic E-state index is 4.57. The second kappa shape index (κ2) is 9.67. The molecule has 4 aromatic rings. The van der Waals surface area contributed by atoms with Crippen molar-refractivity contribution in [3.63, 3.8) is 0 Å². The second-order valence-corrected chi connectivity index (χ2v) is 8.87. The highest BCUT2D eigenvalue weighted by molar-refractivity contribution is 14.1. The van der Waals surface area contributed by atoms with Gasteiger partial charge in [-0.1, -0.05) is 114 Å². The molecule has 2 unspecified atom stereocenters. The zero-order valence-corrected chi connectivity index (χ0v) is 20.4. The molecule has 0 amide bonds. The van der Waals surface area contributed by atoms with Crippen molar-refractivity contribution >= 4 is 45.6 Å². The fourth-order valence-electron chi connectivity index (χ4n) is 4.65. The van der Waals surface area contributed by atoms with Crippen LogP contribution in [0.4, 0.5) is 11.4 Å². The largest absolute Gasteiger partial charge is 0.376 e. The van der Waals surface area contributed by atoms with E-state index in [0.29, 0.717) is 0 Å². The van der Waals surface area contributed by atoms with Crippen molar-refractivity contribution in [1.82, 2.24) is 0 Å². The van der Waals surface area contributed by atoms with Gasteiger partial charge in [0.1, 0.15) is 0 Å². The van der Waals surface area contributed by atoms with Crippen LogP contribution in [0.1, 0.15) is 22.7 Å². The number of hydrogen-bond acceptors (Lipinski definition) is 2. The summed E-state index contributed by atoms with van der Waals surface area (Å²) in [6.07, 6.45) is 2.16. The van der Waals surface area contributed by atoms with Gasteiger partial charge in [0, 0.05) is 16.9 Å². The van der Waals surface area contributed by atoms with Crippen molar-refractivity contribution < 1.29 is 0 Å². The number of benzene rings is 4. The molecule has 0 fully saturated rings. The molecular weight excluding hydrogens is 515 g/mol. The van der Waals surface area contributed by atoms with Gasteiger partial charge in [0.15, 0.2) is 0 Å². The lowest BCUT2D eigenvalue weighted by Crippen LogP contribution is -2.28. The summed E-state index contributed by atoms with van der Waals surface area (Å²) in [5.41, 5.74) is 9.39. The SMILES string of the molecule is C=C1c2c(/C=C\I)cccc2C(Nc2ccccc2)C1Nc1ccccc1-c1ccccc1. The standard InChI is InChI=1S/C30H25IN2/c1-21-28-23(19-20-31)13-10-17-26(28)30(32-24-14-6-3-7-15-24)29(21)33-27-18-9-8-16-25(27)22-11-4-2-5-12-22/h2-20,29-30,32-33H,1H2/b20-19-. The Kier molecular flexibility index (Phi) is 6.31. The third-order valence-electron chi connectivity index (χ3n) is 6.16. The smallest absolute Gasteiger partial charge is 0.0763 e. The number of rotatable bonds is 6. The van der Waals surface area contributed by atoms with E-state index in [0.717, 1.165) is 16.9 Å². The van der Waals surface area contributed by atoms with E-state index in [1.54, 1.807) is 0 Å². The minimum Gasteiger partial charge on any atom is -0.376 e. The van der Waals surface area contributed by atoms with Crippen molar-refractivity contribution in [2.45, 2.75) is 12.1 Å². The summed E-state index contributed by atoms with van der Waals surface area (Å²) in [5.74, 6) is 0. The zero-order valence-electron chi connectivity index (χ0n) is 18.2. The lowest BCUT2D eigenvalue weighted by Gasteiger charge is -2.26. The number of hydrogen-bond donors (Lipinski definition) is 2. The van der Waals surface area contributed by atoms with Crippen molar-refractivity contribution in [2.24, 2.45) is 0 Å². The van der Waals surface area contributed by atoms with Gasteiger partial charge in [0.05, 0.1) is 12.1 Å². The Bertz CT molecular complexity index is 1300. The molecule has 2 atom stereocenters. The molecule has 0 saturated heterocycles. The third-order valence-corrected chi connectivity index (χ3v) is 6.51. The van der Waals surface area contributed by atoms with E-state index in [1.165, 1.54) is 27.8 Å². The Labute approximate surface area is 209 Å². The lowest BCUT2D eigenvalue weighted by molar-refractivity contribution is 0.762. The van der Waals surface area contributed by atoms with Gasteiger partial charge < -0.3 is 10.6 Å². The minimum atomic E-state index is 0.00818. The summed E-state index contributed by atoms with van der Waals surface area (Å²) < 4.78 is 2.06. The van der Waals surface area contributed by atoms with Crippen molar-refractivity contribution in [3.05, 3.63) is 130 Å². The van der Waals surface area contributed by atoms with Gasteiger partial charge in [-0.15, -0.1) is 0 Å². The minimum absolute atomic E-state index is 0.00818. The molecule has 5 rings (SSSR count). The second-order valence-electron chi connectivity index (χ2n) is 8.15. The average molecular weight is 540 g/mol. The molecule has 0 saturated carbocycles. The van der Waals surface area contributed by atoms with Gasteiger partial charge in [-0.2, -0.15) is 0 Å². The maximum Gasteiger partial charge on any atom is 0.0763 e. The Hall–Kier alpha value is -3.31. The van der Waals surface area contributed by atoms with Crippen LogP contribution >= 0.6 is 22.6 Å². The molecule has 33 heavy (non-hydrogen) atoms. The van der Waals surface area contributed by atoms with E-state index in [4.69, 9.17) is 0 Å². The quantitative estimate of drug-likeness (QED) is 0.240. The van der Waals surface area contributed by atoms with E-state index < -0.39 is 0 Å². The van der Waals surface area contributed by atoms with Crippen LogP contribution in [0.5, 0.6) is 0 Å². The molecule has 2 N–H and O–H groups in total. The highest BCUT2D eigenvalue weighted by Crippen LogP contribution is 2.45. The molecule has 0 aliphatic heterocycles. The number of nitrogens with one attached hydrogen (secondary N) is 2. The van der Waals surface area contributed by atoms with Crippen molar-refractivity contribution in [2.75, 3.05) is 10.6 Å². The number of para-hydroxylation sites is 2. The summed E-state index contributed by atoms with van der Waals surface area (Å²) in [4.78, 5) is 0. The van der Waals surface area contributed by atoms with E-state index >= 15 is 0 Å². The van der Waals surface area contributed by atoms with Crippen molar-refractivity contribution in [1.29, 1.82) is 0 Å². The zero-order chi connectivity index (χ0) is 22.6. The molecule has 0 radical (unpaired) electrons. The fourth-order valence-corrected chi connectivity index (χ4v) is 5.04. The predicted octanol–water partition coefficient (Wildman–Crippen LogP) is 8.42.